The SMILES string of the molecule is Cn1ncc2cc(C(=O)Nc3ccc4nc(C5CC6(CCCC6)CN5C(=O)OC(C)(C)C)cn4c3)ccc21. The minimum Gasteiger partial charge on any atom is -0.444 e. The molecule has 4 heterocycles. The molecule has 1 saturated heterocycles. The zero-order valence-electron chi connectivity index (χ0n) is 22.4. The second-order valence-electron chi connectivity index (χ2n) is 11.9. The number of aryl methyl sites for hydroxylation is 1. The first-order valence-corrected chi connectivity index (χ1v) is 13.3. The molecule has 6 rings (SSSR count). The average Bonchev–Trinajstić information content (AvgIpc) is 3.65. The van der Waals surface area contributed by atoms with Crippen molar-refractivity contribution in [2.75, 3.05) is 11.9 Å². The molecule has 1 aromatic carbocycles. The Balaban J connectivity index is 1.25. The van der Waals surface area contributed by atoms with Gasteiger partial charge in [-0.15, -0.1) is 0 Å². The van der Waals surface area contributed by atoms with E-state index in [2.05, 4.69) is 10.4 Å². The summed E-state index contributed by atoms with van der Waals surface area (Å²) >= 11 is 0. The number of carbonyl (C=O) groups is 2. The highest BCUT2D eigenvalue weighted by Gasteiger charge is 2.49. The first kappa shape index (κ1) is 24.5. The molecule has 1 unspecified atom stereocenters. The maximum atomic E-state index is 13.2. The van der Waals surface area contributed by atoms with Crippen molar-refractivity contribution in [2.24, 2.45) is 12.5 Å². The van der Waals surface area contributed by atoms with Crippen molar-refractivity contribution in [3.05, 3.63) is 60.2 Å². The molecule has 1 aliphatic heterocycles. The van der Waals surface area contributed by atoms with Gasteiger partial charge in [-0.3, -0.25) is 14.4 Å². The van der Waals surface area contributed by atoms with Gasteiger partial charge in [0.15, 0.2) is 0 Å². The highest BCUT2D eigenvalue weighted by Crippen LogP contribution is 2.52. The van der Waals surface area contributed by atoms with Crippen LogP contribution in [0, 0.1) is 5.41 Å². The zero-order chi connectivity index (χ0) is 26.7. The van der Waals surface area contributed by atoms with Crippen molar-refractivity contribution in [3.63, 3.8) is 0 Å². The Kier molecular flexibility index (Phi) is 5.70. The van der Waals surface area contributed by atoms with E-state index in [4.69, 9.17) is 9.72 Å². The molecule has 1 aliphatic carbocycles. The van der Waals surface area contributed by atoms with E-state index in [0.717, 1.165) is 41.5 Å². The van der Waals surface area contributed by atoms with E-state index in [1.165, 1.54) is 12.8 Å². The lowest BCUT2D eigenvalue weighted by Gasteiger charge is -2.28. The molecule has 2 aliphatic rings. The third-order valence-electron chi connectivity index (χ3n) is 7.88. The quantitative estimate of drug-likeness (QED) is 0.378. The lowest BCUT2D eigenvalue weighted by molar-refractivity contribution is 0.0206. The number of nitrogens with zero attached hydrogens (tertiary/aromatic N) is 5. The molecule has 38 heavy (non-hydrogen) atoms. The second-order valence-corrected chi connectivity index (χ2v) is 11.9. The lowest BCUT2D eigenvalue weighted by atomic mass is 9.83. The fourth-order valence-corrected chi connectivity index (χ4v) is 6.07. The van der Waals surface area contributed by atoms with Gasteiger partial charge in [0.2, 0.25) is 0 Å². The summed E-state index contributed by atoms with van der Waals surface area (Å²) in [5, 5.41) is 8.16. The summed E-state index contributed by atoms with van der Waals surface area (Å²) in [7, 11) is 1.88. The number of benzene rings is 1. The number of anilines is 1. The van der Waals surface area contributed by atoms with Crippen LogP contribution in [0.2, 0.25) is 0 Å². The molecule has 1 saturated carbocycles. The summed E-state index contributed by atoms with van der Waals surface area (Å²) in [5.41, 5.74) is 3.42. The maximum Gasteiger partial charge on any atom is 0.410 e. The summed E-state index contributed by atoms with van der Waals surface area (Å²) in [6.45, 7) is 6.41. The Morgan fingerprint density at radius 3 is 2.66 bits per heavy atom. The van der Waals surface area contributed by atoms with Crippen LogP contribution in [0.15, 0.2) is 48.9 Å². The van der Waals surface area contributed by atoms with Gasteiger partial charge < -0.3 is 14.5 Å². The van der Waals surface area contributed by atoms with Crippen molar-refractivity contribution in [2.45, 2.75) is 64.5 Å². The van der Waals surface area contributed by atoms with Crippen LogP contribution in [0.25, 0.3) is 16.6 Å². The minimum absolute atomic E-state index is 0.132. The summed E-state index contributed by atoms with van der Waals surface area (Å²) in [6.07, 6.45) is 10.9. The van der Waals surface area contributed by atoms with E-state index in [1.54, 1.807) is 16.9 Å². The second kappa shape index (κ2) is 8.85. The predicted octanol–water partition coefficient (Wildman–Crippen LogP) is 5.72. The predicted molar refractivity (Wildman–Crippen MR) is 145 cm³/mol. The van der Waals surface area contributed by atoms with Gasteiger partial charge >= 0.3 is 6.09 Å². The smallest absolute Gasteiger partial charge is 0.410 e. The number of imidazole rings is 1. The highest BCUT2D eigenvalue weighted by molar-refractivity contribution is 6.06. The number of rotatable bonds is 3. The van der Waals surface area contributed by atoms with Crippen molar-refractivity contribution in [1.82, 2.24) is 24.1 Å². The Morgan fingerprint density at radius 1 is 1.11 bits per heavy atom. The molecular formula is C29H34N6O3. The first-order chi connectivity index (χ1) is 18.1. The van der Waals surface area contributed by atoms with Gasteiger partial charge in [0.25, 0.3) is 5.91 Å². The number of amides is 2. The molecule has 3 aromatic heterocycles. The van der Waals surface area contributed by atoms with E-state index in [-0.39, 0.29) is 23.5 Å². The topological polar surface area (TPSA) is 93.8 Å². The summed E-state index contributed by atoms with van der Waals surface area (Å²) in [4.78, 5) is 32.9. The largest absolute Gasteiger partial charge is 0.444 e. The number of likely N-dealkylation sites (tertiary alicyclic amines) is 1. The van der Waals surface area contributed by atoms with Gasteiger partial charge in [0, 0.05) is 36.9 Å². The van der Waals surface area contributed by atoms with Crippen molar-refractivity contribution >= 4 is 34.2 Å². The molecule has 0 bridgehead atoms. The minimum atomic E-state index is -0.555. The standard InChI is InChI=1S/C29H34N6O3/c1-28(2,3)38-27(37)35-18-29(11-5-6-12-29)14-24(35)22-17-34-16-21(8-10-25(34)32-22)31-26(36)19-7-9-23-20(13-19)15-30-33(23)4/h7-10,13,15-17,24H,5-6,11-12,14,18H2,1-4H3,(H,31,36). The molecule has 4 aromatic rings. The number of aromatic nitrogens is 4. The van der Waals surface area contributed by atoms with Crippen LogP contribution in [-0.2, 0) is 11.8 Å². The fourth-order valence-electron chi connectivity index (χ4n) is 6.07. The Labute approximate surface area is 221 Å². The molecule has 198 valence electrons. The molecule has 1 spiro atoms. The monoisotopic (exact) mass is 514 g/mol. The number of carbonyl (C=O) groups excluding carboxylic acids is 2. The molecule has 9 nitrogen and oxygen atoms in total. The number of nitrogens with one attached hydrogen (secondary N) is 1. The van der Waals surface area contributed by atoms with Crippen LogP contribution in [0.3, 0.4) is 0 Å². The van der Waals surface area contributed by atoms with Crippen LogP contribution in [0.1, 0.15) is 75.0 Å². The van der Waals surface area contributed by atoms with Crippen LogP contribution in [-0.4, -0.2) is 48.2 Å². The Morgan fingerprint density at radius 2 is 1.89 bits per heavy atom. The number of pyridine rings is 1. The highest BCUT2D eigenvalue weighted by atomic mass is 16.6. The number of hydrogen-bond acceptors (Lipinski definition) is 5. The first-order valence-electron chi connectivity index (χ1n) is 13.3. The normalized spacial score (nSPS) is 19.1. The van der Waals surface area contributed by atoms with Crippen molar-refractivity contribution in [1.29, 1.82) is 0 Å². The lowest BCUT2D eigenvalue weighted by Crippen LogP contribution is -2.37. The van der Waals surface area contributed by atoms with Gasteiger partial charge in [0.05, 0.1) is 29.1 Å². The van der Waals surface area contributed by atoms with E-state index in [1.807, 2.05) is 73.8 Å². The molecule has 0 radical (unpaired) electrons. The number of ether oxygens (including phenoxy) is 1. The van der Waals surface area contributed by atoms with E-state index in [9.17, 15) is 9.59 Å². The Hall–Kier alpha value is -3.88. The van der Waals surface area contributed by atoms with Crippen LogP contribution >= 0.6 is 0 Å². The van der Waals surface area contributed by atoms with E-state index in [0.29, 0.717) is 17.8 Å². The Bertz CT molecular complexity index is 1540. The third-order valence-corrected chi connectivity index (χ3v) is 7.88. The van der Waals surface area contributed by atoms with Crippen LogP contribution in [0.5, 0.6) is 0 Å². The molecule has 2 fully saturated rings. The van der Waals surface area contributed by atoms with Crippen molar-refractivity contribution < 1.29 is 14.3 Å². The molecular weight excluding hydrogens is 480 g/mol. The summed E-state index contributed by atoms with van der Waals surface area (Å²) in [6, 6.07) is 9.16. The zero-order valence-corrected chi connectivity index (χ0v) is 22.4. The van der Waals surface area contributed by atoms with E-state index >= 15 is 0 Å². The van der Waals surface area contributed by atoms with Crippen molar-refractivity contribution in [3.8, 4) is 0 Å². The molecule has 1 N–H and O–H groups in total. The van der Waals surface area contributed by atoms with Gasteiger partial charge in [0.1, 0.15) is 11.2 Å². The molecule has 2 amide bonds. The van der Waals surface area contributed by atoms with Gasteiger partial charge in [-0.25, -0.2) is 9.78 Å². The fraction of sp³-hybridized carbons (Fsp3) is 0.448. The summed E-state index contributed by atoms with van der Waals surface area (Å²) < 4.78 is 9.48. The maximum absolute atomic E-state index is 13.2. The summed E-state index contributed by atoms with van der Waals surface area (Å²) in [5.74, 6) is -0.189. The van der Waals surface area contributed by atoms with E-state index < -0.39 is 5.60 Å². The van der Waals surface area contributed by atoms with Gasteiger partial charge in [-0.2, -0.15) is 5.10 Å². The molecule has 1 atom stereocenters. The van der Waals surface area contributed by atoms with Crippen LogP contribution in [0.4, 0.5) is 10.5 Å². The van der Waals surface area contributed by atoms with Gasteiger partial charge in [-0.05, 0) is 75.8 Å². The number of hydrogen-bond donors (Lipinski definition) is 1. The third kappa shape index (κ3) is 4.50. The molecule has 9 heteroatoms. The van der Waals surface area contributed by atoms with Crippen LogP contribution < -0.4 is 5.32 Å². The number of fused-ring (bicyclic) bond motifs is 2. The van der Waals surface area contributed by atoms with Gasteiger partial charge in [-0.1, -0.05) is 12.8 Å². The average molecular weight is 515 g/mol.